The van der Waals surface area contributed by atoms with Crippen LogP contribution in [0.3, 0.4) is 0 Å². The number of fused-ring (bicyclic) bond motifs is 1. The summed E-state index contributed by atoms with van der Waals surface area (Å²) in [6, 6.07) is 6.25. The number of hydrogen-bond donors (Lipinski definition) is 2. The first-order chi connectivity index (χ1) is 11.3. The number of nitrogens with one attached hydrogen (secondary N) is 2. The molecule has 6 nitrogen and oxygen atoms in total. The lowest BCUT2D eigenvalue weighted by molar-refractivity contribution is 0.174. The van der Waals surface area contributed by atoms with Crippen molar-refractivity contribution >= 4 is 5.96 Å². The third-order valence-corrected chi connectivity index (χ3v) is 4.32. The fourth-order valence-electron chi connectivity index (χ4n) is 2.76. The predicted octanol–water partition coefficient (Wildman–Crippen LogP) is 1.65. The normalized spacial score (nSPS) is 17.9. The molecule has 1 aromatic rings. The van der Waals surface area contributed by atoms with Crippen molar-refractivity contribution in [1.82, 2.24) is 10.6 Å². The third kappa shape index (κ3) is 3.69. The topological polar surface area (TPSA) is 64.1 Å². The fourth-order valence-corrected chi connectivity index (χ4v) is 2.76. The van der Waals surface area contributed by atoms with Gasteiger partial charge >= 0.3 is 0 Å². The number of guanidine groups is 1. The van der Waals surface area contributed by atoms with Crippen molar-refractivity contribution < 1.29 is 14.2 Å². The Morgan fingerprint density at radius 3 is 2.83 bits per heavy atom. The number of benzene rings is 1. The molecule has 2 N–H and O–H groups in total. The van der Waals surface area contributed by atoms with Crippen molar-refractivity contribution in [2.45, 2.75) is 25.2 Å². The van der Waals surface area contributed by atoms with Gasteiger partial charge in [-0.05, 0) is 37.5 Å². The van der Waals surface area contributed by atoms with Gasteiger partial charge in [0.1, 0.15) is 0 Å². The van der Waals surface area contributed by atoms with Gasteiger partial charge in [0.2, 0.25) is 6.79 Å². The Balaban J connectivity index is 1.66. The molecular weight excluding hydrogens is 294 g/mol. The lowest BCUT2D eigenvalue weighted by Gasteiger charge is -2.16. The van der Waals surface area contributed by atoms with E-state index in [-0.39, 0.29) is 5.41 Å². The molecule has 1 saturated carbocycles. The summed E-state index contributed by atoms with van der Waals surface area (Å²) in [4.78, 5) is 4.76. The second kappa shape index (κ2) is 7.08. The fraction of sp³-hybridized carbons (Fsp3) is 0.588. The van der Waals surface area contributed by atoms with Gasteiger partial charge in [0, 0.05) is 25.6 Å². The maximum absolute atomic E-state index is 5.50. The molecule has 0 aromatic heterocycles. The molecule has 3 rings (SSSR count). The molecule has 126 valence electrons. The van der Waals surface area contributed by atoms with Crippen molar-refractivity contribution in [2.24, 2.45) is 4.99 Å². The van der Waals surface area contributed by atoms with Crippen molar-refractivity contribution in [3.05, 3.63) is 23.8 Å². The van der Waals surface area contributed by atoms with E-state index in [1.54, 1.807) is 7.11 Å². The molecule has 0 bridgehead atoms. The molecule has 0 radical (unpaired) electrons. The Kier molecular flexibility index (Phi) is 4.91. The summed E-state index contributed by atoms with van der Waals surface area (Å²) in [6.07, 6.45) is 2.32. The zero-order chi connectivity index (χ0) is 16.1. The van der Waals surface area contributed by atoms with Gasteiger partial charge in [-0.1, -0.05) is 6.07 Å². The van der Waals surface area contributed by atoms with Crippen molar-refractivity contribution in [3.8, 4) is 11.5 Å². The maximum Gasteiger partial charge on any atom is 0.231 e. The highest BCUT2D eigenvalue weighted by atomic mass is 16.7. The van der Waals surface area contributed by atoms with Gasteiger partial charge in [0.25, 0.3) is 0 Å². The first kappa shape index (κ1) is 15.9. The van der Waals surface area contributed by atoms with E-state index in [1.807, 2.05) is 6.07 Å². The van der Waals surface area contributed by atoms with Crippen molar-refractivity contribution in [1.29, 1.82) is 0 Å². The number of nitrogens with zero attached hydrogens (tertiary/aromatic N) is 1. The SMILES string of the molecule is CCNC(=NCC1(c2ccc3c(c2)OCO3)CC1)NCCOC. The van der Waals surface area contributed by atoms with E-state index in [9.17, 15) is 0 Å². The second-order valence-electron chi connectivity index (χ2n) is 5.96. The molecule has 1 heterocycles. The van der Waals surface area contributed by atoms with Gasteiger partial charge in [-0.3, -0.25) is 4.99 Å². The molecule has 0 unspecified atom stereocenters. The zero-order valence-electron chi connectivity index (χ0n) is 13.9. The van der Waals surface area contributed by atoms with Crippen LogP contribution in [0.1, 0.15) is 25.3 Å². The van der Waals surface area contributed by atoms with E-state index in [2.05, 4.69) is 29.7 Å². The number of methoxy groups -OCH3 is 1. The molecule has 1 fully saturated rings. The van der Waals surface area contributed by atoms with E-state index in [0.29, 0.717) is 13.4 Å². The number of hydrogen-bond acceptors (Lipinski definition) is 4. The Hall–Kier alpha value is -1.95. The zero-order valence-corrected chi connectivity index (χ0v) is 13.9. The Bertz CT molecular complexity index is 570. The van der Waals surface area contributed by atoms with E-state index in [0.717, 1.165) is 49.9 Å². The summed E-state index contributed by atoms with van der Waals surface area (Å²) in [7, 11) is 1.70. The molecule has 1 aromatic carbocycles. The quantitative estimate of drug-likeness (QED) is 0.454. The molecule has 6 heteroatoms. The van der Waals surface area contributed by atoms with Crippen LogP contribution in [-0.2, 0) is 10.2 Å². The summed E-state index contributed by atoms with van der Waals surface area (Å²) in [6.45, 7) is 5.41. The number of aliphatic imine (C=N–C) groups is 1. The minimum Gasteiger partial charge on any atom is -0.454 e. The van der Waals surface area contributed by atoms with Crippen LogP contribution in [0.2, 0.25) is 0 Å². The van der Waals surface area contributed by atoms with E-state index >= 15 is 0 Å². The molecule has 0 amide bonds. The molecule has 0 atom stereocenters. The Morgan fingerprint density at radius 2 is 2.09 bits per heavy atom. The van der Waals surface area contributed by atoms with Gasteiger partial charge in [-0.25, -0.2) is 0 Å². The van der Waals surface area contributed by atoms with Crippen LogP contribution < -0.4 is 20.1 Å². The summed E-state index contributed by atoms with van der Waals surface area (Å²) >= 11 is 0. The summed E-state index contributed by atoms with van der Waals surface area (Å²) < 4.78 is 16.0. The van der Waals surface area contributed by atoms with Gasteiger partial charge in [0.15, 0.2) is 17.5 Å². The second-order valence-corrected chi connectivity index (χ2v) is 5.96. The minimum absolute atomic E-state index is 0.143. The smallest absolute Gasteiger partial charge is 0.231 e. The van der Waals surface area contributed by atoms with Gasteiger partial charge in [-0.15, -0.1) is 0 Å². The maximum atomic E-state index is 5.50. The monoisotopic (exact) mass is 319 g/mol. The lowest BCUT2D eigenvalue weighted by atomic mass is 9.96. The highest BCUT2D eigenvalue weighted by Crippen LogP contribution is 2.50. The van der Waals surface area contributed by atoms with E-state index < -0.39 is 0 Å². The highest BCUT2D eigenvalue weighted by Gasteiger charge is 2.44. The van der Waals surface area contributed by atoms with Crippen LogP contribution in [0.5, 0.6) is 11.5 Å². The number of ether oxygens (including phenoxy) is 3. The van der Waals surface area contributed by atoms with Crippen LogP contribution in [-0.4, -0.2) is 46.1 Å². The molecule has 1 aliphatic heterocycles. The van der Waals surface area contributed by atoms with Gasteiger partial charge < -0.3 is 24.8 Å². The molecule has 0 spiro atoms. The summed E-state index contributed by atoms with van der Waals surface area (Å²) in [5, 5.41) is 6.56. The molecule has 2 aliphatic rings. The average Bonchev–Trinajstić information content (AvgIpc) is 3.21. The minimum atomic E-state index is 0.143. The highest BCUT2D eigenvalue weighted by molar-refractivity contribution is 5.79. The Morgan fingerprint density at radius 1 is 1.26 bits per heavy atom. The Labute approximate surface area is 137 Å². The standard InChI is InChI=1S/C17H25N3O3/c1-3-18-16(19-8-9-21-2)20-11-17(6-7-17)13-4-5-14-15(10-13)23-12-22-14/h4-5,10H,3,6-9,11-12H2,1-2H3,(H2,18,19,20). The van der Waals surface area contributed by atoms with E-state index in [4.69, 9.17) is 19.2 Å². The number of rotatable bonds is 7. The van der Waals surface area contributed by atoms with E-state index in [1.165, 1.54) is 5.56 Å². The van der Waals surface area contributed by atoms with Crippen molar-refractivity contribution in [2.75, 3.05) is 40.1 Å². The largest absolute Gasteiger partial charge is 0.454 e. The van der Waals surface area contributed by atoms with Gasteiger partial charge in [0.05, 0.1) is 13.2 Å². The first-order valence-corrected chi connectivity index (χ1v) is 8.19. The van der Waals surface area contributed by atoms with Crippen LogP contribution in [0.15, 0.2) is 23.2 Å². The summed E-state index contributed by atoms with van der Waals surface area (Å²) in [5.74, 6) is 2.53. The van der Waals surface area contributed by atoms with Gasteiger partial charge in [-0.2, -0.15) is 0 Å². The molecular formula is C17H25N3O3. The van der Waals surface area contributed by atoms with Crippen molar-refractivity contribution in [3.63, 3.8) is 0 Å². The van der Waals surface area contributed by atoms with Crippen LogP contribution in [0.25, 0.3) is 0 Å². The summed E-state index contributed by atoms with van der Waals surface area (Å²) in [5.41, 5.74) is 1.43. The molecule has 1 aliphatic carbocycles. The van der Waals surface area contributed by atoms with Crippen LogP contribution in [0.4, 0.5) is 0 Å². The first-order valence-electron chi connectivity index (χ1n) is 8.19. The third-order valence-electron chi connectivity index (χ3n) is 4.32. The molecule has 0 saturated heterocycles. The average molecular weight is 319 g/mol. The van der Waals surface area contributed by atoms with Crippen LogP contribution >= 0.6 is 0 Å². The lowest BCUT2D eigenvalue weighted by Crippen LogP contribution is -2.39. The van der Waals surface area contributed by atoms with Crippen LogP contribution in [0, 0.1) is 0 Å². The predicted molar refractivity (Wildman–Crippen MR) is 89.3 cm³/mol. The molecule has 23 heavy (non-hydrogen) atoms.